The molecule has 0 atom stereocenters. The summed E-state index contributed by atoms with van der Waals surface area (Å²) in [5.41, 5.74) is 5.88. The molecule has 0 aromatic heterocycles. The number of para-hydroxylation sites is 1. The van der Waals surface area contributed by atoms with Gasteiger partial charge >= 0.3 is 6.09 Å². The summed E-state index contributed by atoms with van der Waals surface area (Å²) in [7, 11) is 0. The molecule has 0 radical (unpaired) electrons. The predicted molar refractivity (Wildman–Crippen MR) is 150 cm³/mol. The van der Waals surface area contributed by atoms with Crippen LogP contribution >= 0.6 is 0 Å². The molecule has 2 aliphatic rings. The molecule has 6 nitrogen and oxygen atoms in total. The van der Waals surface area contributed by atoms with Crippen molar-refractivity contribution in [3.8, 4) is 11.5 Å². The van der Waals surface area contributed by atoms with Crippen LogP contribution in [0.1, 0.15) is 54.7 Å². The van der Waals surface area contributed by atoms with Gasteiger partial charge in [0.1, 0.15) is 18.1 Å². The largest absolute Gasteiger partial charge is 0.492 e. The van der Waals surface area contributed by atoms with Crippen molar-refractivity contribution in [2.75, 3.05) is 31.6 Å². The molecule has 0 bridgehead atoms. The molecule has 196 valence electrons. The van der Waals surface area contributed by atoms with E-state index >= 15 is 0 Å². The van der Waals surface area contributed by atoms with Crippen LogP contribution in [0.15, 0.2) is 72.3 Å². The lowest BCUT2D eigenvalue weighted by Crippen LogP contribution is -2.30. The van der Waals surface area contributed by atoms with Gasteiger partial charge in [0.2, 0.25) is 0 Å². The summed E-state index contributed by atoms with van der Waals surface area (Å²) in [6.07, 6.45) is 0.100. The average molecular weight is 511 g/mol. The molecular formula is C32H34N2O4. The summed E-state index contributed by atoms with van der Waals surface area (Å²) in [4.78, 5) is 28.4. The van der Waals surface area contributed by atoms with E-state index in [0.29, 0.717) is 24.5 Å². The number of benzene rings is 3. The van der Waals surface area contributed by atoms with Crippen molar-refractivity contribution < 1.29 is 19.1 Å². The van der Waals surface area contributed by atoms with Crippen molar-refractivity contribution >= 4 is 23.1 Å². The van der Waals surface area contributed by atoms with Crippen molar-refractivity contribution in [1.29, 1.82) is 0 Å². The fraction of sp³-hybridized carbons (Fsp3) is 0.312. The van der Waals surface area contributed by atoms with Gasteiger partial charge in [0.25, 0.3) is 0 Å². The number of rotatable bonds is 8. The molecule has 0 unspecified atom stereocenters. The van der Waals surface area contributed by atoms with E-state index in [1.165, 1.54) is 0 Å². The van der Waals surface area contributed by atoms with Crippen LogP contribution in [0.5, 0.6) is 11.5 Å². The number of fused-ring (bicyclic) bond motifs is 3. The molecule has 1 amide bonds. The third-order valence-corrected chi connectivity index (χ3v) is 7.70. The number of nitrogens with one attached hydrogen (secondary N) is 1. The van der Waals surface area contributed by atoms with Crippen molar-refractivity contribution in [2.24, 2.45) is 0 Å². The number of hydrogen-bond donors (Lipinski definition) is 1. The number of allylic oxidation sites excluding steroid dienone is 2. The predicted octanol–water partition coefficient (Wildman–Crippen LogP) is 6.50. The molecule has 0 saturated heterocycles. The zero-order valence-electron chi connectivity index (χ0n) is 22.5. The molecule has 0 aliphatic heterocycles. The molecule has 3 aromatic rings. The van der Waals surface area contributed by atoms with Crippen molar-refractivity contribution in [3.63, 3.8) is 0 Å². The second-order valence-electron chi connectivity index (χ2n) is 10.3. The lowest BCUT2D eigenvalue weighted by Gasteiger charge is -2.34. The van der Waals surface area contributed by atoms with E-state index in [4.69, 9.17) is 9.47 Å². The first-order chi connectivity index (χ1) is 18.3. The molecule has 3 aromatic carbocycles. The number of hydrogen-bond acceptors (Lipinski definition) is 5. The van der Waals surface area contributed by atoms with Gasteiger partial charge in [0.15, 0.2) is 5.78 Å². The number of carbonyl (C=O) groups excluding carboxylic acids is 2. The van der Waals surface area contributed by atoms with E-state index < -0.39 is 6.09 Å². The molecule has 5 rings (SSSR count). The minimum Gasteiger partial charge on any atom is -0.492 e. The van der Waals surface area contributed by atoms with Gasteiger partial charge in [-0.2, -0.15) is 0 Å². The van der Waals surface area contributed by atoms with Crippen molar-refractivity contribution in [3.05, 3.63) is 94.6 Å². The van der Waals surface area contributed by atoms with Gasteiger partial charge in [-0.25, -0.2) is 4.79 Å². The SMILES string of the molecule is CCN(CC)CCOc1ccc2c(c1)C(C)(C)C1=C(C2=O)c2ccc(NC(=O)Oc3ccccc3)cc2C1. The maximum absolute atomic E-state index is 13.7. The Balaban J connectivity index is 1.34. The molecule has 1 N–H and O–H groups in total. The Morgan fingerprint density at radius 1 is 0.947 bits per heavy atom. The van der Waals surface area contributed by atoms with E-state index in [1.54, 1.807) is 12.1 Å². The highest BCUT2D eigenvalue weighted by molar-refractivity contribution is 6.33. The minimum absolute atomic E-state index is 0.0481. The van der Waals surface area contributed by atoms with Crippen LogP contribution in [0.4, 0.5) is 10.5 Å². The monoisotopic (exact) mass is 510 g/mol. The molecule has 2 aliphatic carbocycles. The van der Waals surface area contributed by atoms with Crippen LogP contribution in [0, 0.1) is 0 Å². The highest BCUT2D eigenvalue weighted by atomic mass is 16.6. The van der Waals surface area contributed by atoms with Gasteiger partial charge in [-0.3, -0.25) is 10.1 Å². The summed E-state index contributed by atoms with van der Waals surface area (Å²) in [5.74, 6) is 1.32. The topological polar surface area (TPSA) is 67.9 Å². The summed E-state index contributed by atoms with van der Waals surface area (Å²) in [6.45, 7) is 12.1. The van der Waals surface area contributed by atoms with Gasteiger partial charge in [0.05, 0.1) is 0 Å². The number of amides is 1. The number of carbonyl (C=O) groups is 2. The molecular weight excluding hydrogens is 476 g/mol. The fourth-order valence-corrected chi connectivity index (χ4v) is 5.49. The Morgan fingerprint density at radius 2 is 1.68 bits per heavy atom. The smallest absolute Gasteiger partial charge is 0.417 e. The Bertz CT molecular complexity index is 1400. The Morgan fingerprint density at radius 3 is 2.42 bits per heavy atom. The van der Waals surface area contributed by atoms with Gasteiger partial charge < -0.3 is 14.4 Å². The zero-order valence-corrected chi connectivity index (χ0v) is 22.5. The summed E-state index contributed by atoms with van der Waals surface area (Å²) >= 11 is 0. The number of Topliss-reactive ketones (excluding diaryl/α,β-unsaturated/α-hetero) is 1. The van der Waals surface area contributed by atoms with Crippen LogP contribution < -0.4 is 14.8 Å². The first kappa shape index (κ1) is 25.7. The van der Waals surface area contributed by atoms with E-state index in [-0.39, 0.29) is 11.2 Å². The summed E-state index contributed by atoms with van der Waals surface area (Å²) in [6, 6.07) is 20.5. The van der Waals surface area contributed by atoms with Crippen molar-refractivity contribution in [1.82, 2.24) is 4.90 Å². The molecule has 38 heavy (non-hydrogen) atoms. The summed E-state index contributed by atoms with van der Waals surface area (Å²) < 4.78 is 11.4. The number of anilines is 1. The fourth-order valence-electron chi connectivity index (χ4n) is 5.49. The Labute approximate surface area is 224 Å². The Hall–Kier alpha value is -3.90. The summed E-state index contributed by atoms with van der Waals surface area (Å²) in [5, 5.41) is 2.81. The Kier molecular flexibility index (Phi) is 7.09. The standard InChI is InChI=1S/C32H34N2O4/c1-5-34(6-2)16-17-37-24-13-15-26-27(20-24)32(3,4)28-19-21-18-22(12-14-25(21)29(28)30(26)35)33-31(36)38-23-10-8-7-9-11-23/h7-15,18,20H,5-6,16-17,19H2,1-4H3,(H,33,36). The lowest BCUT2D eigenvalue weighted by molar-refractivity contribution is 0.105. The van der Waals surface area contributed by atoms with E-state index in [2.05, 4.69) is 37.9 Å². The van der Waals surface area contributed by atoms with Crippen LogP contribution in [0.2, 0.25) is 0 Å². The average Bonchev–Trinajstić information content (AvgIpc) is 3.31. The number of ether oxygens (including phenoxy) is 2. The number of nitrogens with zero attached hydrogens (tertiary/aromatic N) is 1. The highest BCUT2D eigenvalue weighted by Crippen LogP contribution is 2.50. The number of likely N-dealkylation sites (N-methyl/N-ethyl adjacent to an activating group) is 1. The first-order valence-electron chi connectivity index (χ1n) is 13.3. The van der Waals surface area contributed by atoms with Gasteiger partial charge in [0, 0.05) is 28.8 Å². The highest BCUT2D eigenvalue weighted by Gasteiger charge is 2.43. The van der Waals surface area contributed by atoms with Gasteiger partial charge in [-0.05, 0) is 84.2 Å². The zero-order chi connectivity index (χ0) is 26.9. The molecule has 0 heterocycles. The minimum atomic E-state index is -0.552. The second-order valence-corrected chi connectivity index (χ2v) is 10.3. The third kappa shape index (κ3) is 4.84. The van der Waals surface area contributed by atoms with Crippen LogP contribution in [-0.2, 0) is 11.8 Å². The van der Waals surface area contributed by atoms with Crippen LogP contribution in [-0.4, -0.2) is 43.0 Å². The second kappa shape index (κ2) is 10.5. The van der Waals surface area contributed by atoms with Crippen LogP contribution in [0.3, 0.4) is 0 Å². The molecule has 0 saturated carbocycles. The lowest BCUT2D eigenvalue weighted by atomic mass is 9.68. The van der Waals surface area contributed by atoms with Crippen LogP contribution in [0.25, 0.3) is 5.57 Å². The first-order valence-corrected chi connectivity index (χ1v) is 13.3. The molecule has 0 spiro atoms. The maximum atomic E-state index is 13.7. The normalized spacial score (nSPS) is 15.1. The maximum Gasteiger partial charge on any atom is 0.417 e. The van der Waals surface area contributed by atoms with Gasteiger partial charge in [-0.1, -0.05) is 52.0 Å². The van der Waals surface area contributed by atoms with Gasteiger partial charge in [-0.15, -0.1) is 0 Å². The quantitative estimate of drug-likeness (QED) is 0.375. The number of ketones is 1. The third-order valence-electron chi connectivity index (χ3n) is 7.70. The van der Waals surface area contributed by atoms with Crippen molar-refractivity contribution in [2.45, 2.75) is 39.5 Å². The molecule has 0 fully saturated rings. The van der Waals surface area contributed by atoms with E-state index in [9.17, 15) is 9.59 Å². The molecule has 6 heteroatoms. The van der Waals surface area contributed by atoms with E-state index in [1.807, 2.05) is 54.6 Å². The van der Waals surface area contributed by atoms with E-state index in [0.717, 1.165) is 58.8 Å².